The standard InChI is InChI=1S/C10H11NO2.C8H18/c1-11-5-4-7-2-3-8(10(12)13)6-9(7)11;1-3-5-7-8-6-4-2/h2-3,6H,4-5H2,1H3,(H,12,13);3-8H2,1-2H3. The molecule has 1 aromatic rings. The Morgan fingerprint density at radius 2 is 1.76 bits per heavy atom. The van der Waals surface area contributed by atoms with Crippen molar-refractivity contribution in [2.75, 3.05) is 18.5 Å². The van der Waals surface area contributed by atoms with Gasteiger partial charge in [-0.25, -0.2) is 4.79 Å². The molecule has 0 aliphatic carbocycles. The van der Waals surface area contributed by atoms with E-state index >= 15 is 0 Å². The number of carbonyl (C=O) groups is 1. The van der Waals surface area contributed by atoms with Gasteiger partial charge in [0.15, 0.2) is 0 Å². The van der Waals surface area contributed by atoms with Gasteiger partial charge in [0.05, 0.1) is 5.56 Å². The van der Waals surface area contributed by atoms with E-state index in [4.69, 9.17) is 5.11 Å². The molecular formula is C18H29NO2. The van der Waals surface area contributed by atoms with Gasteiger partial charge in [0.25, 0.3) is 0 Å². The Balaban J connectivity index is 0.000000240. The van der Waals surface area contributed by atoms with E-state index < -0.39 is 5.97 Å². The summed E-state index contributed by atoms with van der Waals surface area (Å²) in [5.41, 5.74) is 2.67. The van der Waals surface area contributed by atoms with Crippen LogP contribution >= 0.6 is 0 Å². The lowest BCUT2D eigenvalue weighted by atomic mass is 10.1. The van der Waals surface area contributed by atoms with Crippen LogP contribution in [0.1, 0.15) is 68.3 Å². The average molecular weight is 291 g/mol. The fraction of sp³-hybridized carbons (Fsp3) is 0.611. The Labute approximate surface area is 129 Å². The number of carboxylic acid groups (broad SMARTS) is 1. The van der Waals surface area contributed by atoms with Crippen molar-refractivity contribution in [1.29, 1.82) is 0 Å². The summed E-state index contributed by atoms with van der Waals surface area (Å²) >= 11 is 0. The topological polar surface area (TPSA) is 40.5 Å². The molecule has 0 bridgehead atoms. The minimum absolute atomic E-state index is 0.368. The molecule has 0 amide bonds. The molecule has 1 aliphatic heterocycles. The molecule has 0 fully saturated rings. The van der Waals surface area contributed by atoms with Crippen molar-refractivity contribution in [3.8, 4) is 0 Å². The Bertz CT molecular complexity index is 437. The minimum Gasteiger partial charge on any atom is -0.478 e. The largest absolute Gasteiger partial charge is 0.478 e. The van der Waals surface area contributed by atoms with Crippen LogP contribution in [-0.4, -0.2) is 24.7 Å². The number of unbranched alkanes of at least 4 members (excludes halogenated alkanes) is 5. The van der Waals surface area contributed by atoms with Gasteiger partial charge in [-0.15, -0.1) is 0 Å². The van der Waals surface area contributed by atoms with E-state index in [-0.39, 0.29) is 0 Å². The fourth-order valence-corrected chi connectivity index (χ4v) is 2.53. The van der Waals surface area contributed by atoms with Gasteiger partial charge in [0.1, 0.15) is 0 Å². The number of benzene rings is 1. The molecule has 0 atom stereocenters. The van der Waals surface area contributed by atoms with Crippen LogP contribution in [0.25, 0.3) is 0 Å². The van der Waals surface area contributed by atoms with E-state index in [2.05, 4.69) is 18.7 Å². The van der Waals surface area contributed by atoms with E-state index in [1.54, 1.807) is 12.1 Å². The summed E-state index contributed by atoms with van der Waals surface area (Å²) in [7, 11) is 1.98. The predicted octanol–water partition coefficient (Wildman–Crippen LogP) is 4.74. The number of nitrogens with zero attached hydrogens (tertiary/aromatic N) is 1. The number of anilines is 1. The summed E-state index contributed by atoms with van der Waals surface area (Å²) in [5, 5.41) is 8.78. The number of hydrogen-bond donors (Lipinski definition) is 1. The molecule has 0 saturated carbocycles. The lowest BCUT2D eigenvalue weighted by Crippen LogP contribution is -2.12. The normalized spacial score (nSPS) is 12.6. The Kier molecular flexibility index (Phi) is 7.88. The molecule has 0 aromatic heterocycles. The molecule has 0 radical (unpaired) electrons. The maximum atomic E-state index is 10.7. The third-order valence-corrected chi connectivity index (χ3v) is 3.92. The fourth-order valence-electron chi connectivity index (χ4n) is 2.53. The number of hydrogen-bond acceptors (Lipinski definition) is 2. The maximum absolute atomic E-state index is 10.7. The molecule has 118 valence electrons. The van der Waals surface area contributed by atoms with Crippen molar-refractivity contribution >= 4 is 11.7 Å². The minimum atomic E-state index is -0.858. The van der Waals surface area contributed by atoms with Crippen molar-refractivity contribution < 1.29 is 9.90 Å². The van der Waals surface area contributed by atoms with Crippen LogP contribution in [0.3, 0.4) is 0 Å². The van der Waals surface area contributed by atoms with E-state index in [1.165, 1.54) is 44.1 Å². The molecule has 0 saturated heterocycles. The highest BCUT2D eigenvalue weighted by Gasteiger charge is 2.16. The van der Waals surface area contributed by atoms with E-state index in [0.717, 1.165) is 18.7 Å². The summed E-state index contributed by atoms with van der Waals surface area (Å²) in [6.45, 7) is 5.50. The smallest absolute Gasteiger partial charge is 0.335 e. The maximum Gasteiger partial charge on any atom is 0.335 e. The van der Waals surface area contributed by atoms with E-state index in [0.29, 0.717) is 5.56 Å². The Morgan fingerprint density at radius 1 is 1.14 bits per heavy atom. The SMILES string of the molecule is CCCCCCCC.CN1CCc2ccc(C(=O)O)cc21. The number of rotatable bonds is 6. The third kappa shape index (κ3) is 5.78. The molecule has 1 N–H and O–H groups in total. The van der Waals surface area contributed by atoms with Crippen molar-refractivity contribution in [3.63, 3.8) is 0 Å². The van der Waals surface area contributed by atoms with Crippen LogP contribution in [0.15, 0.2) is 18.2 Å². The van der Waals surface area contributed by atoms with Crippen molar-refractivity contribution in [1.82, 2.24) is 0 Å². The average Bonchev–Trinajstić information content (AvgIpc) is 2.85. The predicted molar refractivity (Wildman–Crippen MR) is 89.4 cm³/mol. The van der Waals surface area contributed by atoms with Gasteiger partial charge >= 0.3 is 5.97 Å². The van der Waals surface area contributed by atoms with Crippen LogP contribution in [-0.2, 0) is 6.42 Å². The number of aromatic carboxylic acids is 1. The molecular weight excluding hydrogens is 262 g/mol. The second kappa shape index (κ2) is 9.43. The highest BCUT2D eigenvalue weighted by Crippen LogP contribution is 2.27. The second-order valence-electron chi connectivity index (χ2n) is 5.73. The van der Waals surface area contributed by atoms with Crippen LogP contribution < -0.4 is 4.90 Å². The number of carboxylic acids is 1. The summed E-state index contributed by atoms with van der Waals surface area (Å²) in [5.74, 6) is -0.858. The van der Waals surface area contributed by atoms with E-state index in [1.807, 2.05) is 13.1 Å². The third-order valence-electron chi connectivity index (χ3n) is 3.92. The van der Waals surface area contributed by atoms with Gasteiger partial charge in [-0.05, 0) is 24.1 Å². The summed E-state index contributed by atoms with van der Waals surface area (Å²) in [6, 6.07) is 5.31. The van der Waals surface area contributed by atoms with Gasteiger partial charge in [0.2, 0.25) is 0 Å². The van der Waals surface area contributed by atoms with Gasteiger partial charge in [-0.1, -0.05) is 58.4 Å². The lowest BCUT2D eigenvalue weighted by Gasteiger charge is -2.11. The quantitative estimate of drug-likeness (QED) is 0.769. The van der Waals surface area contributed by atoms with Gasteiger partial charge in [-0.2, -0.15) is 0 Å². The zero-order valence-corrected chi connectivity index (χ0v) is 13.7. The molecule has 21 heavy (non-hydrogen) atoms. The van der Waals surface area contributed by atoms with Crippen LogP contribution in [0.5, 0.6) is 0 Å². The van der Waals surface area contributed by atoms with Crippen LogP contribution in [0.2, 0.25) is 0 Å². The van der Waals surface area contributed by atoms with Crippen LogP contribution in [0, 0.1) is 0 Å². The second-order valence-corrected chi connectivity index (χ2v) is 5.73. The number of likely N-dealkylation sites (N-methyl/N-ethyl adjacent to an activating group) is 1. The molecule has 0 unspecified atom stereocenters. The van der Waals surface area contributed by atoms with E-state index in [9.17, 15) is 4.79 Å². The monoisotopic (exact) mass is 291 g/mol. The van der Waals surface area contributed by atoms with Gasteiger partial charge in [0, 0.05) is 19.3 Å². The summed E-state index contributed by atoms with van der Waals surface area (Å²) in [4.78, 5) is 12.8. The zero-order valence-electron chi connectivity index (χ0n) is 13.7. The highest BCUT2D eigenvalue weighted by molar-refractivity contribution is 5.89. The van der Waals surface area contributed by atoms with Crippen molar-refractivity contribution in [2.45, 2.75) is 58.8 Å². The molecule has 1 heterocycles. The van der Waals surface area contributed by atoms with Crippen molar-refractivity contribution in [2.24, 2.45) is 0 Å². The first-order chi connectivity index (χ1) is 10.1. The first-order valence-electron chi connectivity index (χ1n) is 8.17. The summed E-state index contributed by atoms with van der Waals surface area (Å²) in [6.07, 6.45) is 9.51. The first-order valence-corrected chi connectivity index (χ1v) is 8.17. The lowest BCUT2D eigenvalue weighted by molar-refractivity contribution is 0.0697. The Hall–Kier alpha value is -1.51. The Morgan fingerprint density at radius 3 is 2.29 bits per heavy atom. The highest BCUT2D eigenvalue weighted by atomic mass is 16.4. The molecule has 2 rings (SSSR count). The molecule has 1 aliphatic rings. The molecule has 0 spiro atoms. The van der Waals surface area contributed by atoms with Gasteiger partial charge in [-0.3, -0.25) is 0 Å². The molecule has 1 aromatic carbocycles. The van der Waals surface area contributed by atoms with Crippen LogP contribution in [0.4, 0.5) is 5.69 Å². The number of fused-ring (bicyclic) bond motifs is 1. The first kappa shape index (κ1) is 17.5. The molecule has 3 nitrogen and oxygen atoms in total. The summed E-state index contributed by atoms with van der Waals surface area (Å²) < 4.78 is 0. The van der Waals surface area contributed by atoms with Crippen molar-refractivity contribution in [3.05, 3.63) is 29.3 Å². The zero-order chi connectivity index (χ0) is 15.7. The van der Waals surface area contributed by atoms with Gasteiger partial charge < -0.3 is 10.0 Å². The molecule has 3 heteroatoms.